The second-order valence-electron chi connectivity index (χ2n) is 6.39. The van der Waals surface area contributed by atoms with Crippen LogP contribution in [0.25, 0.3) is 0 Å². The summed E-state index contributed by atoms with van der Waals surface area (Å²) < 4.78 is 5.69. The van der Waals surface area contributed by atoms with Gasteiger partial charge in [-0.3, -0.25) is 9.79 Å². The van der Waals surface area contributed by atoms with E-state index in [1.54, 1.807) is 7.05 Å². The molecule has 0 heterocycles. The molecule has 0 aliphatic heterocycles. The number of amides is 1. The Balaban J connectivity index is 1.66. The molecule has 1 saturated carbocycles. The summed E-state index contributed by atoms with van der Waals surface area (Å²) in [6.07, 6.45) is 5.90. The SMILES string of the molecule is CN=C(NCC(=O)NC1CCCCC1)N(C)CCOc1ccccc1. The fraction of sp³-hybridized carbons (Fsp3) is 0.579. The van der Waals surface area contributed by atoms with Crippen LogP contribution < -0.4 is 15.4 Å². The van der Waals surface area contributed by atoms with Crippen molar-refractivity contribution >= 4 is 11.9 Å². The number of hydrogen-bond donors (Lipinski definition) is 2. The van der Waals surface area contributed by atoms with Gasteiger partial charge in [0.15, 0.2) is 5.96 Å². The highest BCUT2D eigenvalue weighted by Crippen LogP contribution is 2.17. The summed E-state index contributed by atoms with van der Waals surface area (Å²) in [7, 11) is 3.65. The maximum absolute atomic E-state index is 12.1. The van der Waals surface area contributed by atoms with Crippen LogP contribution in [0.15, 0.2) is 35.3 Å². The van der Waals surface area contributed by atoms with Crippen LogP contribution in [0.4, 0.5) is 0 Å². The number of hydrogen-bond acceptors (Lipinski definition) is 3. The van der Waals surface area contributed by atoms with Gasteiger partial charge in [0.05, 0.1) is 13.1 Å². The molecule has 0 saturated heterocycles. The van der Waals surface area contributed by atoms with Gasteiger partial charge in [-0.2, -0.15) is 0 Å². The lowest BCUT2D eigenvalue weighted by Gasteiger charge is -2.24. The summed E-state index contributed by atoms with van der Waals surface area (Å²) in [5.74, 6) is 1.57. The van der Waals surface area contributed by atoms with Gasteiger partial charge in [-0.25, -0.2) is 0 Å². The Morgan fingerprint density at radius 1 is 1.24 bits per heavy atom. The number of guanidine groups is 1. The summed E-state index contributed by atoms with van der Waals surface area (Å²) in [5, 5.41) is 6.22. The number of nitrogens with zero attached hydrogens (tertiary/aromatic N) is 2. The molecule has 138 valence electrons. The largest absolute Gasteiger partial charge is 0.492 e. The molecule has 0 aromatic heterocycles. The number of carbonyl (C=O) groups is 1. The first kappa shape index (κ1) is 19.1. The monoisotopic (exact) mass is 346 g/mol. The molecule has 1 aromatic rings. The van der Waals surface area contributed by atoms with Gasteiger partial charge in [0.2, 0.25) is 5.91 Å². The minimum atomic E-state index is 0.0296. The minimum absolute atomic E-state index is 0.0296. The summed E-state index contributed by atoms with van der Waals surface area (Å²) in [6.45, 7) is 1.47. The number of likely N-dealkylation sites (N-methyl/N-ethyl adjacent to an activating group) is 1. The fourth-order valence-electron chi connectivity index (χ4n) is 2.99. The number of aliphatic imine (C=N–C) groups is 1. The highest BCUT2D eigenvalue weighted by atomic mass is 16.5. The molecule has 0 atom stereocenters. The third kappa shape index (κ3) is 7.03. The van der Waals surface area contributed by atoms with E-state index in [-0.39, 0.29) is 12.5 Å². The molecule has 6 heteroatoms. The van der Waals surface area contributed by atoms with Gasteiger partial charge in [-0.05, 0) is 25.0 Å². The number of nitrogens with one attached hydrogen (secondary N) is 2. The molecule has 1 amide bonds. The molecular formula is C19H30N4O2. The van der Waals surface area contributed by atoms with E-state index < -0.39 is 0 Å². The van der Waals surface area contributed by atoms with Gasteiger partial charge in [-0.1, -0.05) is 37.5 Å². The average molecular weight is 346 g/mol. The van der Waals surface area contributed by atoms with Crippen molar-refractivity contribution in [2.24, 2.45) is 4.99 Å². The lowest BCUT2D eigenvalue weighted by Crippen LogP contribution is -2.47. The quantitative estimate of drug-likeness (QED) is 0.586. The van der Waals surface area contributed by atoms with E-state index in [0.29, 0.717) is 25.2 Å². The van der Waals surface area contributed by atoms with Crippen molar-refractivity contribution in [2.75, 3.05) is 33.8 Å². The Bertz CT molecular complexity index is 542. The van der Waals surface area contributed by atoms with Crippen LogP contribution in [0, 0.1) is 0 Å². The van der Waals surface area contributed by atoms with Gasteiger partial charge < -0.3 is 20.3 Å². The third-order valence-electron chi connectivity index (χ3n) is 4.39. The van der Waals surface area contributed by atoms with Crippen molar-refractivity contribution in [3.63, 3.8) is 0 Å². The van der Waals surface area contributed by atoms with E-state index in [2.05, 4.69) is 15.6 Å². The Morgan fingerprint density at radius 3 is 2.64 bits per heavy atom. The zero-order chi connectivity index (χ0) is 17.9. The van der Waals surface area contributed by atoms with E-state index in [1.807, 2.05) is 42.3 Å². The molecule has 0 radical (unpaired) electrons. The number of ether oxygens (including phenoxy) is 1. The molecule has 1 aliphatic rings. The molecule has 0 bridgehead atoms. The molecule has 6 nitrogen and oxygen atoms in total. The van der Waals surface area contributed by atoms with Crippen LogP contribution in [0.5, 0.6) is 5.75 Å². The maximum Gasteiger partial charge on any atom is 0.239 e. The molecule has 0 spiro atoms. The van der Waals surface area contributed by atoms with E-state index in [0.717, 1.165) is 18.6 Å². The highest BCUT2D eigenvalue weighted by Gasteiger charge is 2.16. The van der Waals surface area contributed by atoms with Crippen LogP contribution in [0.3, 0.4) is 0 Å². The predicted octanol–water partition coefficient (Wildman–Crippen LogP) is 2.02. The van der Waals surface area contributed by atoms with Crippen LogP contribution in [0.2, 0.25) is 0 Å². The van der Waals surface area contributed by atoms with Crippen molar-refractivity contribution in [3.05, 3.63) is 30.3 Å². The smallest absolute Gasteiger partial charge is 0.239 e. The standard InChI is InChI=1S/C19H30N4O2/c1-20-19(21-15-18(24)22-16-9-5-3-6-10-16)23(2)13-14-25-17-11-7-4-8-12-17/h4,7-8,11-12,16H,3,5-6,9-10,13-15H2,1-2H3,(H,20,21)(H,22,24). The molecule has 1 fully saturated rings. The van der Waals surface area contributed by atoms with Crippen LogP contribution >= 0.6 is 0 Å². The molecule has 25 heavy (non-hydrogen) atoms. The van der Waals surface area contributed by atoms with Gasteiger partial charge in [0.1, 0.15) is 12.4 Å². The van der Waals surface area contributed by atoms with Crippen molar-refractivity contribution in [1.82, 2.24) is 15.5 Å². The summed E-state index contributed by atoms with van der Waals surface area (Å²) in [6, 6.07) is 10.1. The second kappa shape index (κ2) is 10.6. The molecule has 1 aliphatic carbocycles. The number of carbonyl (C=O) groups excluding carboxylic acids is 1. The number of para-hydroxylation sites is 1. The zero-order valence-electron chi connectivity index (χ0n) is 15.3. The average Bonchev–Trinajstić information content (AvgIpc) is 2.64. The van der Waals surface area contributed by atoms with Gasteiger partial charge in [-0.15, -0.1) is 0 Å². The number of benzene rings is 1. The topological polar surface area (TPSA) is 66.0 Å². The van der Waals surface area contributed by atoms with E-state index in [1.165, 1.54) is 19.3 Å². The van der Waals surface area contributed by atoms with Crippen LogP contribution in [0.1, 0.15) is 32.1 Å². The lowest BCUT2D eigenvalue weighted by atomic mass is 9.95. The van der Waals surface area contributed by atoms with Crippen LogP contribution in [-0.4, -0.2) is 56.6 Å². The van der Waals surface area contributed by atoms with Gasteiger partial charge in [0.25, 0.3) is 0 Å². The Morgan fingerprint density at radius 2 is 1.96 bits per heavy atom. The van der Waals surface area contributed by atoms with Crippen LogP contribution in [-0.2, 0) is 4.79 Å². The molecule has 0 unspecified atom stereocenters. The molecule has 1 aromatic carbocycles. The first-order valence-corrected chi connectivity index (χ1v) is 9.08. The zero-order valence-corrected chi connectivity index (χ0v) is 15.3. The Labute approximate surface area is 150 Å². The normalized spacial score (nSPS) is 15.5. The summed E-state index contributed by atoms with van der Waals surface area (Å²) in [4.78, 5) is 18.3. The van der Waals surface area contributed by atoms with Gasteiger partial charge in [0, 0.05) is 20.1 Å². The third-order valence-corrected chi connectivity index (χ3v) is 4.39. The Hall–Kier alpha value is -2.24. The lowest BCUT2D eigenvalue weighted by molar-refractivity contribution is -0.120. The van der Waals surface area contributed by atoms with E-state index in [9.17, 15) is 4.79 Å². The first-order valence-electron chi connectivity index (χ1n) is 9.08. The van der Waals surface area contributed by atoms with Crippen molar-refractivity contribution in [1.29, 1.82) is 0 Å². The minimum Gasteiger partial charge on any atom is -0.492 e. The maximum atomic E-state index is 12.1. The molecular weight excluding hydrogens is 316 g/mol. The highest BCUT2D eigenvalue weighted by molar-refractivity contribution is 5.86. The predicted molar refractivity (Wildman–Crippen MR) is 101 cm³/mol. The summed E-state index contributed by atoms with van der Waals surface area (Å²) >= 11 is 0. The van der Waals surface area contributed by atoms with E-state index in [4.69, 9.17) is 4.74 Å². The fourth-order valence-corrected chi connectivity index (χ4v) is 2.99. The van der Waals surface area contributed by atoms with Gasteiger partial charge >= 0.3 is 0 Å². The second-order valence-corrected chi connectivity index (χ2v) is 6.39. The first-order chi connectivity index (χ1) is 12.2. The molecule has 2 N–H and O–H groups in total. The Kier molecular flexibility index (Phi) is 8.09. The van der Waals surface area contributed by atoms with E-state index >= 15 is 0 Å². The van der Waals surface area contributed by atoms with Crippen molar-refractivity contribution in [2.45, 2.75) is 38.1 Å². The van der Waals surface area contributed by atoms with Crippen molar-refractivity contribution in [3.8, 4) is 5.75 Å². The summed E-state index contributed by atoms with van der Waals surface area (Å²) in [5.41, 5.74) is 0. The number of rotatable bonds is 7. The molecule has 2 rings (SSSR count). The van der Waals surface area contributed by atoms with Crippen molar-refractivity contribution < 1.29 is 9.53 Å².